The fourth-order valence-corrected chi connectivity index (χ4v) is 2.82. The molecule has 0 saturated carbocycles. The number of nitrogens with one attached hydrogen (secondary N) is 1. The van der Waals surface area contributed by atoms with Crippen LogP contribution >= 0.6 is 0 Å². The van der Waals surface area contributed by atoms with Crippen molar-refractivity contribution in [3.05, 3.63) is 11.3 Å². The summed E-state index contributed by atoms with van der Waals surface area (Å²) in [5.41, 5.74) is -4.46. The molecule has 0 unspecified atom stereocenters. The summed E-state index contributed by atoms with van der Waals surface area (Å²) in [6.07, 6.45) is -4.03. The predicted molar refractivity (Wildman–Crippen MR) is 83.2 cm³/mol. The molecular weight excluding hydrogens is 341 g/mol. The number of allylic oxidation sites excluding steroid dienone is 1. The molecule has 0 aromatic carbocycles. The maximum Gasteiger partial charge on any atom is 0.425 e. The lowest BCUT2D eigenvalue weighted by atomic mass is 9.89. The Hall–Kier alpha value is -2.06. The Balaban J connectivity index is 3.53. The van der Waals surface area contributed by atoms with E-state index in [0.717, 1.165) is 12.0 Å². The summed E-state index contributed by atoms with van der Waals surface area (Å²) < 4.78 is 46.4. The molecule has 0 radical (unpaired) electrons. The zero-order valence-electron chi connectivity index (χ0n) is 14.7. The molecule has 1 N–H and O–H groups in total. The number of alkyl halides is 3. The van der Waals surface area contributed by atoms with Crippen LogP contribution in [-0.4, -0.2) is 48.1 Å². The van der Waals surface area contributed by atoms with Crippen LogP contribution in [0, 0.1) is 0 Å². The number of ether oxygens (including phenoxy) is 1. The van der Waals surface area contributed by atoms with E-state index in [0.29, 0.717) is 19.3 Å². The van der Waals surface area contributed by atoms with Crippen molar-refractivity contribution in [2.24, 2.45) is 0 Å². The maximum atomic E-state index is 14.0. The molecule has 1 rings (SSSR count). The van der Waals surface area contributed by atoms with Crippen molar-refractivity contribution in [3.8, 4) is 0 Å². The zero-order chi connectivity index (χ0) is 19.4. The van der Waals surface area contributed by atoms with Crippen molar-refractivity contribution in [2.45, 2.75) is 58.2 Å². The van der Waals surface area contributed by atoms with E-state index in [9.17, 15) is 27.6 Å². The van der Waals surface area contributed by atoms with Crippen molar-refractivity contribution in [1.29, 1.82) is 0 Å². The number of esters is 1. The fourth-order valence-electron chi connectivity index (χ4n) is 2.82. The molecule has 0 saturated heterocycles. The molecule has 0 fully saturated rings. The summed E-state index contributed by atoms with van der Waals surface area (Å²) in [5, 5.41) is 1.79. The Kier molecular flexibility index (Phi) is 6.61. The molecule has 2 amide bonds. The average Bonchev–Trinajstić information content (AvgIpc) is 2.74. The molecular formula is C16H23F3N2O4. The van der Waals surface area contributed by atoms with E-state index in [1.54, 1.807) is 19.2 Å². The van der Waals surface area contributed by atoms with Gasteiger partial charge in [-0.15, -0.1) is 0 Å². The third kappa shape index (κ3) is 3.64. The van der Waals surface area contributed by atoms with E-state index in [1.165, 1.54) is 6.92 Å². The highest BCUT2D eigenvalue weighted by atomic mass is 19.4. The van der Waals surface area contributed by atoms with Crippen LogP contribution in [0.25, 0.3) is 0 Å². The quantitative estimate of drug-likeness (QED) is 0.704. The topological polar surface area (TPSA) is 75.7 Å². The van der Waals surface area contributed by atoms with E-state index in [1.807, 2.05) is 0 Å². The smallest absolute Gasteiger partial charge is 0.425 e. The van der Waals surface area contributed by atoms with Gasteiger partial charge in [-0.25, -0.2) is 4.79 Å². The molecule has 6 nitrogen and oxygen atoms in total. The lowest BCUT2D eigenvalue weighted by Crippen LogP contribution is -2.66. The standard InChI is InChI=1S/C16H23F3N2O4/c1-5-7-8-11(22)20-15(16(17,18)19)12(13(23)25-4)10(3)21(9-6-2)14(15)24/h5-9H2,1-4H3,(H,20,22)/t15-/m0/s1. The highest BCUT2D eigenvalue weighted by molar-refractivity contribution is 6.10. The molecule has 0 bridgehead atoms. The minimum atomic E-state index is -5.20. The fraction of sp³-hybridized carbons (Fsp3) is 0.688. The van der Waals surface area contributed by atoms with Gasteiger partial charge >= 0.3 is 12.1 Å². The van der Waals surface area contributed by atoms with Gasteiger partial charge in [0.05, 0.1) is 7.11 Å². The van der Waals surface area contributed by atoms with Gasteiger partial charge in [-0.2, -0.15) is 13.2 Å². The monoisotopic (exact) mass is 364 g/mol. The van der Waals surface area contributed by atoms with Crippen LogP contribution in [0.2, 0.25) is 0 Å². The van der Waals surface area contributed by atoms with Crippen LogP contribution in [0.3, 0.4) is 0 Å². The summed E-state index contributed by atoms with van der Waals surface area (Å²) in [4.78, 5) is 37.6. The van der Waals surface area contributed by atoms with Crippen LogP contribution in [0.4, 0.5) is 13.2 Å². The van der Waals surface area contributed by atoms with Crippen LogP contribution in [-0.2, 0) is 19.1 Å². The van der Waals surface area contributed by atoms with Crippen molar-refractivity contribution < 1.29 is 32.3 Å². The van der Waals surface area contributed by atoms with E-state index >= 15 is 0 Å². The number of methoxy groups -OCH3 is 1. The van der Waals surface area contributed by atoms with Crippen molar-refractivity contribution in [2.75, 3.05) is 13.7 Å². The molecule has 9 heteroatoms. The Morgan fingerprint density at radius 1 is 1.24 bits per heavy atom. The number of carbonyl (C=O) groups excluding carboxylic acids is 3. The average molecular weight is 364 g/mol. The second kappa shape index (κ2) is 7.88. The van der Waals surface area contributed by atoms with Gasteiger partial charge in [0.1, 0.15) is 5.57 Å². The first-order valence-corrected chi connectivity index (χ1v) is 8.07. The van der Waals surface area contributed by atoms with Gasteiger partial charge in [0, 0.05) is 18.7 Å². The van der Waals surface area contributed by atoms with Gasteiger partial charge in [0.25, 0.3) is 5.91 Å². The molecule has 1 aliphatic rings. The maximum absolute atomic E-state index is 14.0. The van der Waals surface area contributed by atoms with Gasteiger partial charge in [-0.1, -0.05) is 20.3 Å². The number of nitrogens with zero attached hydrogens (tertiary/aromatic N) is 1. The highest BCUT2D eigenvalue weighted by Gasteiger charge is 2.70. The van der Waals surface area contributed by atoms with Crippen LogP contribution < -0.4 is 5.32 Å². The second-order valence-electron chi connectivity index (χ2n) is 5.81. The van der Waals surface area contributed by atoms with Gasteiger partial charge < -0.3 is 15.0 Å². The molecule has 142 valence electrons. The normalized spacial score (nSPS) is 20.9. The van der Waals surface area contributed by atoms with Gasteiger partial charge in [-0.3, -0.25) is 9.59 Å². The van der Waals surface area contributed by atoms with Crippen molar-refractivity contribution in [1.82, 2.24) is 10.2 Å². The summed E-state index contributed by atoms with van der Waals surface area (Å²) in [6.45, 7) is 4.70. The number of amides is 2. The predicted octanol–water partition coefficient (Wildman–Crippen LogP) is 2.29. The lowest BCUT2D eigenvalue weighted by molar-refractivity contribution is -0.196. The summed E-state index contributed by atoms with van der Waals surface area (Å²) in [6, 6.07) is 0. The molecule has 0 aromatic heterocycles. The summed E-state index contributed by atoms with van der Waals surface area (Å²) in [5.74, 6) is -3.62. The van der Waals surface area contributed by atoms with Gasteiger partial charge in [0.2, 0.25) is 11.4 Å². The van der Waals surface area contributed by atoms with Crippen LogP contribution in [0.5, 0.6) is 0 Å². The Bertz CT molecular complexity index is 586. The van der Waals surface area contributed by atoms with Crippen LogP contribution in [0.15, 0.2) is 11.3 Å². The van der Waals surface area contributed by atoms with E-state index < -0.39 is 35.1 Å². The Morgan fingerprint density at radius 2 is 1.84 bits per heavy atom. The minimum absolute atomic E-state index is 0.00613. The number of rotatable bonds is 7. The molecule has 1 atom stereocenters. The van der Waals surface area contributed by atoms with Gasteiger partial charge in [-0.05, 0) is 19.8 Å². The summed E-state index contributed by atoms with van der Waals surface area (Å²) >= 11 is 0. The van der Waals surface area contributed by atoms with E-state index in [2.05, 4.69) is 4.74 Å². The summed E-state index contributed by atoms with van der Waals surface area (Å²) in [7, 11) is 0.926. The minimum Gasteiger partial charge on any atom is -0.466 e. The first-order valence-electron chi connectivity index (χ1n) is 8.07. The largest absolute Gasteiger partial charge is 0.466 e. The van der Waals surface area contributed by atoms with Crippen LogP contribution in [0.1, 0.15) is 46.5 Å². The second-order valence-corrected chi connectivity index (χ2v) is 5.81. The Labute approximate surface area is 144 Å². The molecule has 0 spiro atoms. The van der Waals surface area contributed by atoms with Crippen molar-refractivity contribution >= 4 is 17.8 Å². The number of halogens is 3. The number of hydrogen-bond acceptors (Lipinski definition) is 4. The van der Waals surface area contributed by atoms with E-state index in [4.69, 9.17) is 0 Å². The third-order valence-corrected chi connectivity index (χ3v) is 4.05. The van der Waals surface area contributed by atoms with E-state index in [-0.39, 0.29) is 18.7 Å². The van der Waals surface area contributed by atoms with Crippen molar-refractivity contribution in [3.63, 3.8) is 0 Å². The molecule has 1 heterocycles. The zero-order valence-corrected chi connectivity index (χ0v) is 14.7. The SMILES string of the molecule is CCCCC(=O)N[C@]1(C(F)(F)F)C(=O)N(CCC)C(C)=C1C(=O)OC. The molecule has 0 aromatic rings. The Morgan fingerprint density at radius 3 is 2.28 bits per heavy atom. The third-order valence-electron chi connectivity index (χ3n) is 4.05. The highest BCUT2D eigenvalue weighted by Crippen LogP contribution is 2.45. The number of carbonyl (C=O) groups is 3. The first-order chi connectivity index (χ1) is 11.6. The molecule has 1 aliphatic heterocycles. The molecule has 25 heavy (non-hydrogen) atoms. The molecule has 0 aliphatic carbocycles. The van der Waals surface area contributed by atoms with Gasteiger partial charge in [0.15, 0.2) is 0 Å². The number of unbranched alkanes of at least 4 members (excludes halogenated alkanes) is 1. The lowest BCUT2D eigenvalue weighted by Gasteiger charge is -2.33. The number of hydrogen-bond donors (Lipinski definition) is 1. The first kappa shape index (κ1) is 21.0.